The largest absolute Gasteiger partial charge is 0.480 e. The van der Waals surface area contributed by atoms with E-state index in [-0.39, 0.29) is 5.69 Å². The molecule has 0 aliphatic carbocycles. The van der Waals surface area contributed by atoms with Gasteiger partial charge >= 0.3 is 5.97 Å². The highest BCUT2D eigenvalue weighted by atomic mass is 16.4. The van der Waals surface area contributed by atoms with Gasteiger partial charge in [-0.3, -0.25) is 4.79 Å². The molecule has 0 fully saturated rings. The van der Waals surface area contributed by atoms with E-state index in [1.807, 2.05) is 19.1 Å². The molecule has 0 aromatic carbocycles. The van der Waals surface area contributed by atoms with Crippen LogP contribution in [0.3, 0.4) is 0 Å². The molecule has 2 aromatic rings. The van der Waals surface area contributed by atoms with Crippen LogP contribution in [0.4, 0.5) is 0 Å². The van der Waals surface area contributed by atoms with Gasteiger partial charge in [0.1, 0.15) is 17.4 Å². The number of nitrogens with zero attached hydrogens (tertiary/aromatic N) is 2. The van der Waals surface area contributed by atoms with Gasteiger partial charge in [-0.05, 0) is 18.6 Å². The number of carbonyl (C=O) groups is 2. The lowest BCUT2D eigenvalue weighted by molar-refractivity contribution is -0.139. The molecule has 0 aliphatic rings. The summed E-state index contributed by atoms with van der Waals surface area (Å²) in [6.45, 7) is 1.98. The van der Waals surface area contributed by atoms with Gasteiger partial charge in [-0.1, -0.05) is 25.8 Å². The molecule has 0 saturated heterocycles. The van der Waals surface area contributed by atoms with Crippen LogP contribution in [-0.4, -0.2) is 32.4 Å². The zero-order chi connectivity index (χ0) is 14.5. The van der Waals surface area contributed by atoms with Crippen LogP contribution in [0.15, 0.2) is 30.6 Å². The predicted molar refractivity (Wildman–Crippen MR) is 73.6 cm³/mol. The summed E-state index contributed by atoms with van der Waals surface area (Å²) < 4.78 is 1.72. The van der Waals surface area contributed by atoms with Gasteiger partial charge in [0, 0.05) is 12.4 Å². The van der Waals surface area contributed by atoms with Crippen LogP contribution in [-0.2, 0) is 4.79 Å². The van der Waals surface area contributed by atoms with Crippen LogP contribution in [0.1, 0.15) is 36.7 Å². The summed E-state index contributed by atoms with van der Waals surface area (Å²) in [5.41, 5.74) is 0.872. The molecular weight excluding hydrogens is 258 g/mol. The Labute approximate surface area is 116 Å². The average Bonchev–Trinajstić information content (AvgIpc) is 2.86. The summed E-state index contributed by atoms with van der Waals surface area (Å²) in [7, 11) is 0. The van der Waals surface area contributed by atoms with E-state index in [1.54, 1.807) is 22.9 Å². The van der Waals surface area contributed by atoms with E-state index in [0.29, 0.717) is 12.1 Å². The lowest BCUT2D eigenvalue weighted by Gasteiger charge is -2.12. The first-order valence-corrected chi connectivity index (χ1v) is 6.59. The maximum Gasteiger partial charge on any atom is 0.326 e. The number of carboxylic acid groups (broad SMARTS) is 1. The minimum absolute atomic E-state index is 0.221. The Bertz CT molecular complexity index is 588. The highest BCUT2D eigenvalue weighted by Gasteiger charge is 2.21. The topological polar surface area (TPSA) is 83.7 Å². The number of amides is 1. The standard InChI is InChI=1S/C14H17N3O3/c1-2-3-6-10(14(19)20)16-13(18)11-9-17-8-5-4-7-12(17)15-11/h4-5,7-10H,2-3,6H2,1H3,(H,16,18)(H,19,20)/t10-/m0/s1. The summed E-state index contributed by atoms with van der Waals surface area (Å²) in [6.07, 6.45) is 5.43. The van der Waals surface area contributed by atoms with Crippen molar-refractivity contribution in [3.05, 3.63) is 36.3 Å². The van der Waals surface area contributed by atoms with Crippen molar-refractivity contribution in [2.24, 2.45) is 0 Å². The molecule has 0 unspecified atom stereocenters. The summed E-state index contributed by atoms with van der Waals surface area (Å²) in [5.74, 6) is -1.48. The molecule has 6 nitrogen and oxygen atoms in total. The Kier molecular flexibility index (Phi) is 4.34. The molecule has 0 spiro atoms. The van der Waals surface area contributed by atoms with E-state index in [4.69, 9.17) is 5.11 Å². The number of hydrogen-bond acceptors (Lipinski definition) is 3. The van der Waals surface area contributed by atoms with Crippen LogP contribution >= 0.6 is 0 Å². The number of unbranched alkanes of at least 4 members (excludes halogenated alkanes) is 1. The number of fused-ring (bicyclic) bond motifs is 1. The van der Waals surface area contributed by atoms with Crippen LogP contribution < -0.4 is 5.32 Å². The van der Waals surface area contributed by atoms with Gasteiger partial charge in [-0.2, -0.15) is 0 Å². The summed E-state index contributed by atoms with van der Waals surface area (Å²) >= 11 is 0. The second-order valence-electron chi connectivity index (χ2n) is 4.60. The molecule has 0 aliphatic heterocycles. The summed E-state index contributed by atoms with van der Waals surface area (Å²) in [5, 5.41) is 11.6. The van der Waals surface area contributed by atoms with Crippen molar-refractivity contribution in [2.75, 3.05) is 0 Å². The van der Waals surface area contributed by atoms with Crippen molar-refractivity contribution < 1.29 is 14.7 Å². The second kappa shape index (κ2) is 6.18. The van der Waals surface area contributed by atoms with Gasteiger partial charge in [0.2, 0.25) is 0 Å². The number of pyridine rings is 1. The molecule has 2 heterocycles. The van der Waals surface area contributed by atoms with E-state index in [1.165, 1.54) is 0 Å². The molecule has 1 atom stereocenters. The maximum atomic E-state index is 12.0. The number of hydrogen-bond donors (Lipinski definition) is 2. The van der Waals surface area contributed by atoms with E-state index >= 15 is 0 Å². The van der Waals surface area contributed by atoms with Crippen molar-refractivity contribution in [1.29, 1.82) is 0 Å². The maximum absolute atomic E-state index is 12.0. The molecule has 2 aromatic heterocycles. The molecule has 0 saturated carbocycles. The van der Waals surface area contributed by atoms with Gasteiger partial charge in [0.05, 0.1) is 0 Å². The number of imidazole rings is 1. The number of nitrogens with one attached hydrogen (secondary N) is 1. The first-order valence-electron chi connectivity index (χ1n) is 6.59. The van der Waals surface area contributed by atoms with Crippen LogP contribution in [0.25, 0.3) is 5.65 Å². The SMILES string of the molecule is CCCC[C@H](NC(=O)c1cn2ccccc2n1)C(=O)O. The summed E-state index contributed by atoms with van der Waals surface area (Å²) in [4.78, 5) is 27.3. The van der Waals surface area contributed by atoms with Crippen molar-refractivity contribution in [3.8, 4) is 0 Å². The average molecular weight is 275 g/mol. The number of aromatic nitrogens is 2. The Morgan fingerprint density at radius 3 is 2.90 bits per heavy atom. The van der Waals surface area contributed by atoms with Crippen LogP contribution in [0.2, 0.25) is 0 Å². The van der Waals surface area contributed by atoms with Gasteiger partial charge in [0.15, 0.2) is 0 Å². The monoisotopic (exact) mass is 275 g/mol. The molecule has 0 bridgehead atoms. The molecule has 0 radical (unpaired) electrons. The van der Waals surface area contributed by atoms with Gasteiger partial charge in [-0.15, -0.1) is 0 Å². The zero-order valence-electron chi connectivity index (χ0n) is 11.2. The summed E-state index contributed by atoms with van der Waals surface area (Å²) in [6, 6.07) is 4.57. The lowest BCUT2D eigenvalue weighted by atomic mass is 10.1. The van der Waals surface area contributed by atoms with Crippen molar-refractivity contribution in [3.63, 3.8) is 0 Å². The van der Waals surface area contributed by atoms with Crippen molar-refractivity contribution in [1.82, 2.24) is 14.7 Å². The highest BCUT2D eigenvalue weighted by Crippen LogP contribution is 2.06. The Hall–Kier alpha value is -2.37. The zero-order valence-corrected chi connectivity index (χ0v) is 11.2. The number of carboxylic acids is 1. The number of carbonyl (C=O) groups excluding carboxylic acids is 1. The van der Waals surface area contributed by atoms with Gasteiger partial charge in [-0.25, -0.2) is 9.78 Å². The first-order chi connectivity index (χ1) is 9.61. The number of aliphatic carboxylic acids is 1. The Balaban J connectivity index is 2.11. The van der Waals surface area contributed by atoms with Crippen LogP contribution in [0.5, 0.6) is 0 Å². The van der Waals surface area contributed by atoms with Crippen LogP contribution in [0, 0.1) is 0 Å². The minimum atomic E-state index is -1.02. The molecule has 106 valence electrons. The number of rotatable bonds is 6. The molecule has 1 amide bonds. The molecule has 6 heteroatoms. The quantitative estimate of drug-likeness (QED) is 0.840. The van der Waals surface area contributed by atoms with E-state index in [0.717, 1.165) is 12.8 Å². The van der Waals surface area contributed by atoms with Crippen molar-refractivity contribution >= 4 is 17.5 Å². The minimum Gasteiger partial charge on any atom is -0.480 e. The first kappa shape index (κ1) is 14.0. The molecular formula is C14H17N3O3. The fourth-order valence-corrected chi connectivity index (χ4v) is 1.94. The smallest absolute Gasteiger partial charge is 0.326 e. The molecule has 20 heavy (non-hydrogen) atoms. The third kappa shape index (κ3) is 3.14. The molecule has 2 N–H and O–H groups in total. The fourth-order valence-electron chi connectivity index (χ4n) is 1.94. The van der Waals surface area contributed by atoms with E-state index in [2.05, 4.69) is 10.3 Å². The van der Waals surface area contributed by atoms with E-state index < -0.39 is 17.9 Å². The normalized spacial score (nSPS) is 12.2. The van der Waals surface area contributed by atoms with Gasteiger partial charge < -0.3 is 14.8 Å². The third-order valence-electron chi connectivity index (χ3n) is 3.05. The highest BCUT2D eigenvalue weighted by molar-refractivity contribution is 5.95. The van der Waals surface area contributed by atoms with Crippen molar-refractivity contribution in [2.45, 2.75) is 32.2 Å². The predicted octanol–water partition coefficient (Wildman–Crippen LogP) is 1.71. The Morgan fingerprint density at radius 2 is 2.25 bits per heavy atom. The van der Waals surface area contributed by atoms with E-state index in [9.17, 15) is 9.59 Å². The fraction of sp³-hybridized carbons (Fsp3) is 0.357. The second-order valence-corrected chi connectivity index (χ2v) is 4.60. The lowest BCUT2D eigenvalue weighted by Crippen LogP contribution is -2.40. The Morgan fingerprint density at radius 1 is 1.45 bits per heavy atom. The molecule has 2 rings (SSSR count). The third-order valence-corrected chi connectivity index (χ3v) is 3.05. The van der Waals surface area contributed by atoms with Gasteiger partial charge in [0.25, 0.3) is 5.91 Å².